The van der Waals surface area contributed by atoms with Crippen LogP contribution in [0, 0.1) is 18.3 Å². The lowest BCUT2D eigenvalue weighted by atomic mass is 10.1. The van der Waals surface area contributed by atoms with Crippen LogP contribution in [0.1, 0.15) is 34.1 Å². The third kappa shape index (κ3) is 6.19. The zero-order chi connectivity index (χ0) is 21.4. The van der Waals surface area contributed by atoms with Crippen molar-refractivity contribution in [1.29, 1.82) is 5.26 Å². The highest BCUT2D eigenvalue weighted by Gasteiger charge is 2.14. The molecule has 1 heterocycles. The van der Waals surface area contributed by atoms with Crippen LogP contribution in [-0.4, -0.2) is 48.6 Å². The van der Waals surface area contributed by atoms with E-state index < -0.39 is 6.10 Å². The summed E-state index contributed by atoms with van der Waals surface area (Å²) in [6, 6.07) is 9.09. The minimum atomic E-state index is -0.735. The fourth-order valence-electron chi connectivity index (χ4n) is 2.64. The van der Waals surface area contributed by atoms with E-state index in [-0.39, 0.29) is 12.4 Å². The zero-order valence-corrected chi connectivity index (χ0v) is 17.7. The van der Waals surface area contributed by atoms with Crippen molar-refractivity contribution in [1.82, 2.24) is 4.98 Å². The number of Topliss-reactive ketones (excluding diaryl/α,β-unsaturated/α-hetero) is 1. The molecule has 1 N–H and O–H groups in total. The normalized spacial score (nSPS) is 11.6. The molecular formula is C21H24N2O5S. The fourth-order valence-corrected chi connectivity index (χ4v) is 3.54. The molecule has 0 bridgehead atoms. The van der Waals surface area contributed by atoms with Crippen LogP contribution in [0.4, 0.5) is 0 Å². The van der Waals surface area contributed by atoms with Crippen molar-refractivity contribution in [3.63, 3.8) is 0 Å². The van der Waals surface area contributed by atoms with Crippen molar-refractivity contribution in [2.45, 2.75) is 31.6 Å². The molecule has 0 radical (unpaired) electrons. The number of pyridine rings is 1. The van der Waals surface area contributed by atoms with Crippen LogP contribution in [0.5, 0.6) is 11.5 Å². The summed E-state index contributed by atoms with van der Waals surface area (Å²) in [5.74, 6) is 1.43. The van der Waals surface area contributed by atoms with Crippen LogP contribution in [0.15, 0.2) is 29.3 Å². The Bertz CT molecular complexity index is 911. The molecule has 0 amide bonds. The largest absolute Gasteiger partial charge is 0.493 e. The number of aromatic nitrogens is 1. The molecule has 1 aromatic heterocycles. The summed E-state index contributed by atoms with van der Waals surface area (Å²) in [5.41, 5.74) is 2.22. The molecule has 7 nitrogen and oxygen atoms in total. The van der Waals surface area contributed by atoms with Gasteiger partial charge in [0.05, 0.1) is 39.1 Å². The molecule has 1 unspecified atom stereocenters. The van der Waals surface area contributed by atoms with E-state index in [2.05, 4.69) is 11.1 Å². The molecule has 1 aromatic carbocycles. The minimum absolute atomic E-state index is 0.133. The first kappa shape index (κ1) is 22.7. The van der Waals surface area contributed by atoms with Crippen LogP contribution in [0.3, 0.4) is 0 Å². The smallest absolute Gasteiger partial charge is 0.161 e. The molecule has 8 heteroatoms. The number of rotatable bonds is 10. The average Bonchev–Trinajstić information content (AvgIpc) is 2.71. The highest BCUT2D eigenvalue weighted by molar-refractivity contribution is 7.99. The number of carbonyl (C=O) groups excluding carboxylic acids is 1. The van der Waals surface area contributed by atoms with E-state index in [1.165, 1.54) is 18.7 Å². The van der Waals surface area contributed by atoms with E-state index in [0.29, 0.717) is 45.7 Å². The number of nitrogens with zero attached hydrogens (tertiary/aromatic N) is 2. The Balaban J connectivity index is 1.89. The second-order valence-electron chi connectivity index (χ2n) is 6.31. The number of hydrogen-bond donors (Lipinski definition) is 1. The predicted molar refractivity (Wildman–Crippen MR) is 110 cm³/mol. The van der Waals surface area contributed by atoms with Gasteiger partial charge in [-0.3, -0.25) is 4.79 Å². The van der Waals surface area contributed by atoms with Gasteiger partial charge in [-0.1, -0.05) is 6.07 Å². The number of hydrogen-bond acceptors (Lipinski definition) is 8. The first-order chi connectivity index (χ1) is 13.9. The molecule has 0 fully saturated rings. The van der Waals surface area contributed by atoms with E-state index >= 15 is 0 Å². The quantitative estimate of drug-likeness (QED) is 0.466. The summed E-state index contributed by atoms with van der Waals surface area (Å²) in [5, 5.41) is 20.0. The van der Waals surface area contributed by atoms with Gasteiger partial charge < -0.3 is 19.3 Å². The third-order valence-electron chi connectivity index (χ3n) is 4.12. The lowest BCUT2D eigenvalue weighted by Gasteiger charge is -2.13. The van der Waals surface area contributed by atoms with Gasteiger partial charge in [-0.2, -0.15) is 5.26 Å². The highest BCUT2D eigenvalue weighted by atomic mass is 32.2. The third-order valence-corrected chi connectivity index (χ3v) is 5.25. The number of benzene rings is 1. The topological polar surface area (TPSA) is 102 Å². The summed E-state index contributed by atoms with van der Waals surface area (Å²) >= 11 is 1.26. The van der Waals surface area contributed by atoms with Crippen molar-refractivity contribution >= 4 is 17.5 Å². The van der Waals surface area contributed by atoms with E-state index in [4.69, 9.17) is 14.2 Å². The number of aliphatic hydroxyl groups is 1. The number of nitriles is 1. The SMILES string of the molecule is COc1ccc(COCC(O)CSc2nc(C)c(C(C)=O)cc2C#N)cc1OC. The maximum Gasteiger partial charge on any atom is 0.161 e. The Kier molecular flexibility index (Phi) is 8.46. The monoisotopic (exact) mass is 416 g/mol. The van der Waals surface area contributed by atoms with Gasteiger partial charge in [-0.15, -0.1) is 11.8 Å². The van der Waals surface area contributed by atoms with Crippen molar-refractivity contribution in [3.05, 3.63) is 46.6 Å². The summed E-state index contributed by atoms with van der Waals surface area (Å²) < 4.78 is 16.0. The molecular weight excluding hydrogens is 392 g/mol. The van der Waals surface area contributed by atoms with Gasteiger partial charge in [-0.25, -0.2) is 4.98 Å². The van der Waals surface area contributed by atoms with Crippen molar-refractivity contribution in [3.8, 4) is 17.6 Å². The Hall–Kier alpha value is -2.60. The second kappa shape index (κ2) is 10.8. The summed E-state index contributed by atoms with van der Waals surface area (Å²) in [4.78, 5) is 15.9. The van der Waals surface area contributed by atoms with Crippen LogP contribution < -0.4 is 9.47 Å². The van der Waals surface area contributed by atoms with Gasteiger partial charge in [0.1, 0.15) is 11.1 Å². The summed E-state index contributed by atoms with van der Waals surface area (Å²) in [7, 11) is 3.14. The number of aliphatic hydroxyl groups excluding tert-OH is 1. The molecule has 2 aromatic rings. The molecule has 154 valence electrons. The van der Waals surface area contributed by atoms with Gasteiger partial charge in [0.2, 0.25) is 0 Å². The molecule has 0 aliphatic heterocycles. The van der Waals surface area contributed by atoms with E-state index in [1.807, 2.05) is 12.1 Å². The molecule has 0 aliphatic carbocycles. The number of aryl methyl sites for hydroxylation is 1. The van der Waals surface area contributed by atoms with Crippen molar-refractivity contribution < 1.29 is 24.1 Å². The van der Waals surface area contributed by atoms with Crippen LogP contribution in [0.25, 0.3) is 0 Å². The number of carbonyl (C=O) groups is 1. The van der Waals surface area contributed by atoms with Crippen molar-refractivity contribution in [2.75, 3.05) is 26.6 Å². The Morgan fingerprint density at radius 3 is 2.62 bits per heavy atom. The lowest BCUT2D eigenvalue weighted by molar-refractivity contribution is 0.0397. The first-order valence-electron chi connectivity index (χ1n) is 8.91. The van der Waals surface area contributed by atoms with Crippen LogP contribution in [-0.2, 0) is 11.3 Å². The molecule has 2 rings (SSSR count). The lowest BCUT2D eigenvalue weighted by Crippen LogP contribution is -2.18. The van der Waals surface area contributed by atoms with Crippen LogP contribution in [0.2, 0.25) is 0 Å². The highest BCUT2D eigenvalue weighted by Crippen LogP contribution is 2.28. The standard InChI is InChI=1S/C21H24N2O5S/c1-13-18(14(2)24)8-16(9-22)21(23-13)29-12-17(25)11-28-10-15-5-6-19(26-3)20(7-15)27-4/h5-8,17,25H,10-12H2,1-4H3. The molecule has 0 saturated heterocycles. The van der Waals surface area contributed by atoms with Gasteiger partial charge in [0.15, 0.2) is 17.3 Å². The summed E-state index contributed by atoms with van der Waals surface area (Å²) in [6.07, 6.45) is -0.735. The average molecular weight is 416 g/mol. The number of thioether (sulfide) groups is 1. The second-order valence-corrected chi connectivity index (χ2v) is 7.32. The van der Waals surface area contributed by atoms with Gasteiger partial charge >= 0.3 is 0 Å². The van der Waals surface area contributed by atoms with Crippen molar-refractivity contribution in [2.24, 2.45) is 0 Å². The number of ketones is 1. The molecule has 29 heavy (non-hydrogen) atoms. The Labute approximate surface area is 174 Å². The fraction of sp³-hybridized carbons (Fsp3) is 0.381. The maximum absolute atomic E-state index is 11.6. The predicted octanol–water partition coefficient (Wildman–Crippen LogP) is 3.15. The van der Waals surface area contributed by atoms with Gasteiger partial charge in [0.25, 0.3) is 0 Å². The van der Waals surface area contributed by atoms with E-state index in [9.17, 15) is 15.2 Å². The summed E-state index contributed by atoms with van der Waals surface area (Å²) in [6.45, 7) is 3.62. The molecule has 1 atom stereocenters. The van der Waals surface area contributed by atoms with Gasteiger partial charge in [-0.05, 0) is 37.6 Å². The zero-order valence-electron chi connectivity index (χ0n) is 16.9. The van der Waals surface area contributed by atoms with E-state index in [1.54, 1.807) is 33.3 Å². The van der Waals surface area contributed by atoms with E-state index in [0.717, 1.165) is 5.56 Å². The molecule has 0 saturated carbocycles. The number of methoxy groups -OCH3 is 2. The first-order valence-corrected chi connectivity index (χ1v) is 9.90. The van der Waals surface area contributed by atoms with Crippen LogP contribution >= 0.6 is 11.8 Å². The molecule has 0 aliphatic rings. The minimum Gasteiger partial charge on any atom is -0.493 e. The Morgan fingerprint density at radius 2 is 2.00 bits per heavy atom. The number of ether oxygens (including phenoxy) is 3. The Morgan fingerprint density at radius 1 is 1.28 bits per heavy atom. The van der Waals surface area contributed by atoms with Gasteiger partial charge in [0, 0.05) is 17.0 Å². The maximum atomic E-state index is 11.6. The molecule has 0 spiro atoms.